The molecule has 2 aromatic rings. The van der Waals surface area contributed by atoms with Crippen molar-refractivity contribution in [2.75, 3.05) is 24.5 Å². The predicted molar refractivity (Wildman–Crippen MR) is 115 cm³/mol. The van der Waals surface area contributed by atoms with Crippen LogP contribution in [0.25, 0.3) is 11.3 Å². The lowest BCUT2D eigenvalue weighted by Gasteiger charge is -2.38. The van der Waals surface area contributed by atoms with Crippen LogP contribution < -0.4 is 10.2 Å². The number of rotatable bonds is 2. The Morgan fingerprint density at radius 2 is 1.90 bits per heavy atom. The van der Waals surface area contributed by atoms with Gasteiger partial charge in [-0.2, -0.15) is 13.2 Å². The maximum atomic E-state index is 13.0. The molecule has 2 N–H and O–H groups in total. The van der Waals surface area contributed by atoms with E-state index in [9.17, 15) is 18.3 Å². The summed E-state index contributed by atoms with van der Waals surface area (Å²) >= 11 is 0. The van der Waals surface area contributed by atoms with Gasteiger partial charge in [-0.3, -0.25) is 0 Å². The summed E-state index contributed by atoms with van der Waals surface area (Å²) in [5.74, 6) is 0.429. The van der Waals surface area contributed by atoms with Gasteiger partial charge in [-0.15, -0.1) is 35.0 Å². The van der Waals surface area contributed by atoms with E-state index in [0.29, 0.717) is 22.9 Å². The molecule has 1 aromatic carbocycles. The van der Waals surface area contributed by atoms with Crippen LogP contribution in [0.4, 0.5) is 19.0 Å². The summed E-state index contributed by atoms with van der Waals surface area (Å²) in [6.45, 7) is 4.43. The van der Waals surface area contributed by atoms with Crippen molar-refractivity contribution in [1.29, 1.82) is 0 Å². The van der Waals surface area contributed by atoms with Crippen molar-refractivity contribution in [3.8, 4) is 17.0 Å². The van der Waals surface area contributed by atoms with Crippen LogP contribution in [0.15, 0.2) is 18.2 Å². The molecule has 5 nitrogen and oxygen atoms in total. The number of hydrogen-bond acceptors (Lipinski definition) is 5. The van der Waals surface area contributed by atoms with E-state index in [-0.39, 0.29) is 24.8 Å². The van der Waals surface area contributed by atoms with Gasteiger partial charge in [-0.05, 0) is 68.5 Å². The normalized spacial score (nSPS) is 18.8. The molecule has 0 amide bonds. The van der Waals surface area contributed by atoms with Gasteiger partial charge in [0.25, 0.3) is 0 Å². The summed E-state index contributed by atoms with van der Waals surface area (Å²) in [4.78, 5) is 2.29. The average molecular weight is 465 g/mol. The number of aromatic hydroxyl groups is 1. The number of phenols is 1. The third kappa shape index (κ3) is 4.76. The molecule has 3 heterocycles. The molecule has 0 saturated carbocycles. The number of alkyl halides is 3. The molecule has 30 heavy (non-hydrogen) atoms. The minimum Gasteiger partial charge on any atom is -0.507 e. The summed E-state index contributed by atoms with van der Waals surface area (Å²) in [5, 5.41) is 22.4. The molecule has 2 aliphatic rings. The smallest absolute Gasteiger partial charge is 0.416 e. The fourth-order valence-electron chi connectivity index (χ4n) is 4.24. The van der Waals surface area contributed by atoms with Crippen molar-refractivity contribution < 1.29 is 18.3 Å². The third-order valence-electron chi connectivity index (χ3n) is 5.58. The number of hydrogen-bond donors (Lipinski definition) is 2. The molecule has 0 radical (unpaired) electrons. The molecule has 1 fully saturated rings. The first-order chi connectivity index (χ1) is 13.3. The monoisotopic (exact) mass is 464 g/mol. The highest BCUT2D eigenvalue weighted by Gasteiger charge is 2.33. The number of halogens is 5. The first-order valence-electron chi connectivity index (χ1n) is 9.60. The number of nitrogens with one attached hydrogen (secondary N) is 1. The second-order valence-corrected chi connectivity index (χ2v) is 7.56. The van der Waals surface area contributed by atoms with Crippen molar-refractivity contribution in [2.45, 2.75) is 44.8 Å². The Kier molecular flexibility index (Phi) is 7.82. The fourth-order valence-corrected chi connectivity index (χ4v) is 4.24. The van der Waals surface area contributed by atoms with Crippen molar-refractivity contribution in [1.82, 2.24) is 15.5 Å². The Morgan fingerprint density at radius 1 is 1.13 bits per heavy atom. The number of anilines is 1. The van der Waals surface area contributed by atoms with Crippen LogP contribution in [0.5, 0.6) is 5.75 Å². The molecule has 1 saturated heterocycles. The van der Waals surface area contributed by atoms with Crippen LogP contribution in [-0.4, -0.2) is 41.0 Å². The number of fused-ring (bicyclic) bond motifs is 1. The van der Waals surface area contributed by atoms with Gasteiger partial charge < -0.3 is 15.3 Å². The summed E-state index contributed by atoms with van der Waals surface area (Å²) in [7, 11) is 0. The largest absolute Gasteiger partial charge is 0.507 e. The lowest BCUT2D eigenvalue weighted by Crippen LogP contribution is -2.48. The fraction of sp³-hybridized carbons (Fsp3) is 0.500. The predicted octanol–water partition coefficient (Wildman–Crippen LogP) is 4.52. The number of phenolic OH excluding ortho intramolecular Hbond substituents is 1. The maximum absolute atomic E-state index is 13.0. The van der Waals surface area contributed by atoms with Gasteiger partial charge >= 0.3 is 6.18 Å². The number of benzene rings is 1. The van der Waals surface area contributed by atoms with E-state index in [2.05, 4.69) is 20.4 Å². The molecule has 0 unspecified atom stereocenters. The number of piperidine rings is 1. The average Bonchev–Trinajstić information content (AvgIpc) is 2.67. The van der Waals surface area contributed by atoms with E-state index < -0.39 is 17.5 Å². The van der Waals surface area contributed by atoms with Gasteiger partial charge in [-0.25, -0.2) is 0 Å². The van der Waals surface area contributed by atoms with E-state index in [4.69, 9.17) is 0 Å². The Hall–Kier alpha value is -1.77. The highest BCUT2D eigenvalue weighted by Crippen LogP contribution is 2.39. The Balaban J connectivity index is 0.00000160. The summed E-state index contributed by atoms with van der Waals surface area (Å²) < 4.78 is 38.9. The zero-order valence-electron chi connectivity index (χ0n) is 16.5. The Morgan fingerprint density at radius 3 is 2.53 bits per heavy atom. The standard InChI is InChI=1S/C20H23F3N4O.2ClH/c1-12-8-14(20(21,22)23)10-17(28)18(12)16-9-13-4-3-7-27(19(13)26-25-16)15-5-2-6-24-11-15;;/h8-10,15,24,28H,2-7,11H2,1H3;2*1H/t15-;;/m1../s1. The van der Waals surface area contributed by atoms with E-state index >= 15 is 0 Å². The van der Waals surface area contributed by atoms with Gasteiger partial charge in [-0.1, -0.05) is 0 Å². The Labute approximate surface area is 185 Å². The van der Waals surface area contributed by atoms with Gasteiger partial charge in [0.1, 0.15) is 5.75 Å². The second-order valence-electron chi connectivity index (χ2n) is 7.56. The van der Waals surface area contributed by atoms with Crippen LogP contribution in [0.2, 0.25) is 0 Å². The summed E-state index contributed by atoms with van der Waals surface area (Å²) in [6.07, 6.45) is -0.437. The Bertz CT molecular complexity index is 866. The van der Waals surface area contributed by atoms with Crippen LogP contribution in [0.3, 0.4) is 0 Å². The summed E-state index contributed by atoms with van der Waals surface area (Å²) in [6, 6.07) is 4.04. The topological polar surface area (TPSA) is 61.3 Å². The molecule has 1 aromatic heterocycles. The van der Waals surface area contributed by atoms with E-state index in [1.54, 1.807) is 6.92 Å². The van der Waals surface area contributed by atoms with Crippen LogP contribution >= 0.6 is 24.8 Å². The van der Waals surface area contributed by atoms with Crippen molar-refractivity contribution in [3.05, 3.63) is 34.9 Å². The quantitative estimate of drug-likeness (QED) is 0.683. The number of nitrogens with zero attached hydrogens (tertiary/aromatic N) is 3. The van der Waals surface area contributed by atoms with Crippen molar-refractivity contribution >= 4 is 30.6 Å². The second kappa shape index (κ2) is 9.58. The third-order valence-corrected chi connectivity index (χ3v) is 5.58. The SMILES string of the molecule is Cc1cc(C(F)(F)F)cc(O)c1-c1cc2c(nn1)N([C@@H]1CCCNC1)CCC2.Cl.Cl. The molecule has 0 aliphatic carbocycles. The molecular weight excluding hydrogens is 440 g/mol. The van der Waals surface area contributed by atoms with Gasteiger partial charge in [0.15, 0.2) is 5.82 Å². The molecule has 2 aliphatic heterocycles. The van der Waals surface area contributed by atoms with E-state index in [1.807, 2.05) is 6.07 Å². The minimum atomic E-state index is -4.50. The van der Waals surface area contributed by atoms with Gasteiger partial charge in [0.2, 0.25) is 0 Å². The number of aryl methyl sites for hydroxylation is 2. The summed E-state index contributed by atoms with van der Waals surface area (Å²) in [5.41, 5.74) is 1.20. The van der Waals surface area contributed by atoms with Gasteiger partial charge in [0, 0.05) is 24.7 Å². The maximum Gasteiger partial charge on any atom is 0.416 e. The van der Waals surface area contributed by atoms with E-state index in [0.717, 1.165) is 68.8 Å². The molecule has 0 spiro atoms. The zero-order chi connectivity index (χ0) is 19.9. The van der Waals surface area contributed by atoms with Gasteiger partial charge in [0.05, 0.1) is 11.3 Å². The van der Waals surface area contributed by atoms with Crippen LogP contribution in [0.1, 0.15) is 36.0 Å². The lowest BCUT2D eigenvalue weighted by atomic mass is 9.96. The molecule has 1 atom stereocenters. The van der Waals surface area contributed by atoms with E-state index in [1.165, 1.54) is 0 Å². The number of aromatic nitrogens is 2. The molecular formula is C20H25Cl2F3N4O. The molecule has 10 heteroatoms. The molecule has 4 rings (SSSR count). The van der Waals surface area contributed by atoms with Crippen molar-refractivity contribution in [3.63, 3.8) is 0 Å². The first-order valence-corrected chi connectivity index (χ1v) is 9.60. The van der Waals surface area contributed by atoms with Crippen LogP contribution in [0, 0.1) is 6.92 Å². The lowest BCUT2D eigenvalue weighted by molar-refractivity contribution is -0.137. The van der Waals surface area contributed by atoms with Crippen molar-refractivity contribution in [2.24, 2.45) is 0 Å². The first kappa shape index (κ1) is 24.5. The zero-order valence-corrected chi connectivity index (χ0v) is 18.1. The molecule has 0 bridgehead atoms. The minimum absolute atomic E-state index is 0. The molecule has 166 valence electrons. The highest BCUT2D eigenvalue weighted by molar-refractivity contribution is 5.85. The van der Waals surface area contributed by atoms with Crippen LogP contribution in [-0.2, 0) is 12.6 Å². The highest BCUT2D eigenvalue weighted by atomic mass is 35.5.